The van der Waals surface area contributed by atoms with Crippen molar-refractivity contribution in [1.29, 1.82) is 0 Å². The van der Waals surface area contributed by atoms with Crippen molar-refractivity contribution in [1.82, 2.24) is 4.90 Å². The molecular weight excluding hydrogens is 334 g/mol. The topological polar surface area (TPSA) is 72.4 Å². The lowest BCUT2D eigenvalue weighted by Crippen LogP contribution is -2.42. The molecule has 1 fully saturated rings. The highest BCUT2D eigenvalue weighted by atomic mass is 79.9. The third-order valence-electron chi connectivity index (χ3n) is 4.40. The Bertz CT molecular complexity index is 510. The minimum absolute atomic E-state index is 0.177. The maximum Gasteiger partial charge on any atom is 0.275 e. The van der Waals surface area contributed by atoms with Crippen molar-refractivity contribution in [3.8, 4) is 0 Å². The minimum Gasteiger partial charge on any atom is -0.330 e. The van der Waals surface area contributed by atoms with E-state index in [1.807, 2.05) is 19.2 Å². The summed E-state index contributed by atoms with van der Waals surface area (Å²) >= 11 is 3.29. The standard InChI is InChI=1S/C15H22BrN3O2/c1-18(14-5-3-2-4-11(14)9-17)10-12-6-7-13(16)8-15(12)19(20)21/h6-8,11,14H,2-5,9-10,17H2,1H3. The molecule has 0 radical (unpaired) electrons. The first-order chi connectivity index (χ1) is 10.0. The summed E-state index contributed by atoms with van der Waals surface area (Å²) in [5.74, 6) is 0.498. The molecule has 0 aliphatic heterocycles. The Labute approximate surface area is 133 Å². The van der Waals surface area contributed by atoms with Crippen LogP contribution in [0.4, 0.5) is 5.69 Å². The molecule has 0 spiro atoms. The summed E-state index contributed by atoms with van der Waals surface area (Å²) < 4.78 is 0.734. The Kier molecular flexibility index (Phi) is 5.72. The van der Waals surface area contributed by atoms with Gasteiger partial charge in [-0.15, -0.1) is 0 Å². The van der Waals surface area contributed by atoms with Crippen LogP contribution in [0.1, 0.15) is 31.2 Å². The number of nitro benzene ring substituents is 1. The monoisotopic (exact) mass is 355 g/mol. The van der Waals surface area contributed by atoms with Gasteiger partial charge in [0.15, 0.2) is 0 Å². The number of benzene rings is 1. The number of hydrogen-bond donors (Lipinski definition) is 1. The fraction of sp³-hybridized carbons (Fsp3) is 0.600. The fourth-order valence-corrected chi connectivity index (χ4v) is 3.62. The van der Waals surface area contributed by atoms with E-state index in [0.717, 1.165) is 22.9 Å². The van der Waals surface area contributed by atoms with Crippen molar-refractivity contribution in [2.75, 3.05) is 13.6 Å². The first-order valence-electron chi connectivity index (χ1n) is 7.36. The van der Waals surface area contributed by atoms with Crippen LogP contribution in [-0.2, 0) is 6.54 Å². The van der Waals surface area contributed by atoms with E-state index in [1.54, 1.807) is 6.07 Å². The highest BCUT2D eigenvalue weighted by Crippen LogP contribution is 2.30. The van der Waals surface area contributed by atoms with Crippen LogP contribution in [0.5, 0.6) is 0 Å². The van der Waals surface area contributed by atoms with Crippen molar-refractivity contribution in [3.63, 3.8) is 0 Å². The summed E-state index contributed by atoms with van der Waals surface area (Å²) in [6, 6.07) is 5.69. The van der Waals surface area contributed by atoms with Crippen LogP contribution in [0, 0.1) is 16.0 Å². The summed E-state index contributed by atoms with van der Waals surface area (Å²) in [6.07, 6.45) is 4.75. The van der Waals surface area contributed by atoms with E-state index in [1.165, 1.54) is 12.8 Å². The zero-order chi connectivity index (χ0) is 15.4. The molecule has 21 heavy (non-hydrogen) atoms. The zero-order valence-electron chi connectivity index (χ0n) is 12.3. The lowest BCUT2D eigenvalue weighted by Gasteiger charge is -2.37. The molecule has 0 heterocycles. The van der Waals surface area contributed by atoms with Crippen LogP contribution in [0.15, 0.2) is 22.7 Å². The van der Waals surface area contributed by atoms with Gasteiger partial charge < -0.3 is 5.73 Å². The number of nitro groups is 1. The molecule has 2 N–H and O–H groups in total. The van der Waals surface area contributed by atoms with Gasteiger partial charge in [0.1, 0.15) is 0 Å². The number of nitrogens with zero attached hydrogens (tertiary/aromatic N) is 2. The highest BCUT2D eigenvalue weighted by molar-refractivity contribution is 9.10. The van der Waals surface area contributed by atoms with Gasteiger partial charge in [0, 0.05) is 28.7 Å². The third kappa shape index (κ3) is 4.02. The van der Waals surface area contributed by atoms with Crippen LogP contribution in [0.25, 0.3) is 0 Å². The van der Waals surface area contributed by atoms with Crippen molar-refractivity contribution in [3.05, 3.63) is 38.3 Å². The molecule has 116 valence electrons. The summed E-state index contributed by atoms with van der Waals surface area (Å²) in [5, 5.41) is 11.2. The Balaban J connectivity index is 2.15. The first kappa shape index (κ1) is 16.4. The summed E-state index contributed by atoms with van der Waals surface area (Å²) in [4.78, 5) is 13.1. The molecule has 0 saturated heterocycles. The van der Waals surface area contributed by atoms with E-state index in [2.05, 4.69) is 20.8 Å². The van der Waals surface area contributed by atoms with Gasteiger partial charge in [-0.3, -0.25) is 15.0 Å². The third-order valence-corrected chi connectivity index (χ3v) is 4.89. The van der Waals surface area contributed by atoms with Crippen LogP contribution < -0.4 is 5.73 Å². The number of halogens is 1. The minimum atomic E-state index is -0.310. The molecule has 0 bridgehead atoms. The van der Waals surface area contributed by atoms with Crippen molar-refractivity contribution in [2.45, 2.75) is 38.3 Å². The number of rotatable bonds is 5. The maximum atomic E-state index is 11.2. The molecule has 1 aliphatic rings. The van der Waals surface area contributed by atoms with E-state index in [-0.39, 0.29) is 10.6 Å². The van der Waals surface area contributed by atoms with Gasteiger partial charge in [-0.1, -0.05) is 28.8 Å². The maximum absolute atomic E-state index is 11.2. The van der Waals surface area contributed by atoms with E-state index in [0.29, 0.717) is 25.0 Å². The van der Waals surface area contributed by atoms with Gasteiger partial charge in [0.05, 0.1) is 4.92 Å². The van der Waals surface area contributed by atoms with E-state index >= 15 is 0 Å². The molecule has 1 aromatic rings. The second-order valence-corrected chi connectivity index (χ2v) is 6.71. The normalized spacial score (nSPS) is 22.5. The molecule has 2 atom stereocenters. The SMILES string of the molecule is CN(Cc1ccc(Br)cc1[N+](=O)[O-])C1CCCCC1CN. The van der Waals surface area contributed by atoms with E-state index in [4.69, 9.17) is 5.73 Å². The molecule has 1 aromatic carbocycles. The lowest BCUT2D eigenvalue weighted by molar-refractivity contribution is -0.385. The molecule has 2 unspecified atom stereocenters. The fourth-order valence-electron chi connectivity index (χ4n) is 3.27. The highest BCUT2D eigenvalue weighted by Gasteiger charge is 2.28. The molecule has 1 aliphatic carbocycles. The number of nitrogens with two attached hydrogens (primary N) is 1. The van der Waals surface area contributed by atoms with Crippen molar-refractivity contribution in [2.24, 2.45) is 11.7 Å². The molecule has 0 amide bonds. The molecule has 1 saturated carbocycles. The molecule has 6 heteroatoms. The van der Waals surface area contributed by atoms with Gasteiger partial charge in [-0.2, -0.15) is 0 Å². The summed E-state index contributed by atoms with van der Waals surface area (Å²) in [6.45, 7) is 1.28. The average molecular weight is 356 g/mol. The summed E-state index contributed by atoms with van der Waals surface area (Å²) in [7, 11) is 2.05. The predicted octanol–water partition coefficient (Wildman–Crippen LogP) is 3.31. The molecule has 5 nitrogen and oxygen atoms in total. The van der Waals surface area contributed by atoms with Crippen LogP contribution >= 0.6 is 15.9 Å². The van der Waals surface area contributed by atoms with Gasteiger partial charge in [0.25, 0.3) is 5.69 Å². The predicted molar refractivity (Wildman–Crippen MR) is 87.1 cm³/mol. The van der Waals surface area contributed by atoms with Crippen molar-refractivity contribution >= 4 is 21.6 Å². The summed E-state index contributed by atoms with van der Waals surface area (Å²) in [5.41, 5.74) is 6.82. The van der Waals surface area contributed by atoms with Crippen molar-refractivity contribution < 1.29 is 4.92 Å². The second kappa shape index (κ2) is 7.33. The van der Waals surface area contributed by atoms with E-state index in [9.17, 15) is 10.1 Å². The first-order valence-corrected chi connectivity index (χ1v) is 8.15. The Morgan fingerprint density at radius 1 is 1.43 bits per heavy atom. The Morgan fingerprint density at radius 3 is 2.81 bits per heavy atom. The average Bonchev–Trinajstić information content (AvgIpc) is 2.48. The Morgan fingerprint density at radius 2 is 2.14 bits per heavy atom. The van der Waals surface area contributed by atoms with Crippen LogP contribution in [0.2, 0.25) is 0 Å². The zero-order valence-corrected chi connectivity index (χ0v) is 13.9. The largest absolute Gasteiger partial charge is 0.330 e. The quantitative estimate of drug-likeness (QED) is 0.649. The molecular formula is C15H22BrN3O2. The van der Waals surface area contributed by atoms with E-state index < -0.39 is 0 Å². The lowest BCUT2D eigenvalue weighted by atomic mass is 9.83. The Hall–Kier alpha value is -0.980. The van der Waals surface area contributed by atoms with Gasteiger partial charge in [0.2, 0.25) is 0 Å². The molecule has 0 aromatic heterocycles. The van der Waals surface area contributed by atoms with Gasteiger partial charge in [-0.05, 0) is 44.5 Å². The second-order valence-electron chi connectivity index (χ2n) is 5.79. The van der Waals surface area contributed by atoms with Gasteiger partial charge in [-0.25, -0.2) is 0 Å². The van der Waals surface area contributed by atoms with Crippen LogP contribution in [-0.4, -0.2) is 29.5 Å². The number of hydrogen-bond acceptors (Lipinski definition) is 4. The smallest absolute Gasteiger partial charge is 0.275 e. The van der Waals surface area contributed by atoms with Gasteiger partial charge >= 0.3 is 0 Å². The van der Waals surface area contributed by atoms with Crippen LogP contribution in [0.3, 0.4) is 0 Å². The molecule has 2 rings (SSSR count).